The third-order valence-corrected chi connectivity index (χ3v) is 5.15. The van der Waals surface area contributed by atoms with E-state index in [4.69, 9.17) is 13.9 Å². The van der Waals surface area contributed by atoms with Crippen molar-refractivity contribution in [2.75, 3.05) is 6.61 Å². The van der Waals surface area contributed by atoms with Crippen LogP contribution in [0.4, 0.5) is 0 Å². The molecule has 11 heteroatoms. The van der Waals surface area contributed by atoms with E-state index in [2.05, 4.69) is 0 Å². The summed E-state index contributed by atoms with van der Waals surface area (Å²) in [5, 5.41) is 68.5. The Bertz CT molecular complexity index is 1190. The van der Waals surface area contributed by atoms with E-state index in [-0.39, 0.29) is 33.8 Å². The molecule has 0 amide bonds. The first-order valence-electron chi connectivity index (χ1n) is 9.50. The highest BCUT2D eigenvalue weighted by atomic mass is 16.7. The summed E-state index contributed by atoms with van der Waals surface area (Å²) in [4.78, 5) is 12.5. The second-order valence-electron chi connectivity index (χ2n) is 7.29. The van der Waals surface area contributed by atoms with Gasteiger partial charge >= 0.3 is 0 Å². The van der Waals surface area contributed by atoms with Crippen LogP contribution in [-0.4, -0.2) is 73.1 Å². The molecule has 1 fully saturated rings. The summed E-state index contributed by atoms with van der Waals surface area (Å²) in [7, 11) is 0. The molecule has 0 radical (unpaired) electrons. The van der Waals surface area contributed by atoms with Crippen LogP contribution in [0.1, 0.15) is 0 Å². The van der Waals surface area contributed by atoms with E-state index in [9.17, 15) is 40.5 Å². The molecule has 2 aromatic carbocycles. The van der Waals surface area contributed by atoms with Crippen molar-refractivity contribution < 1.29 is 49.6 Å². The van der Waals surface area contributed by atoms with Crippen LogP contribution >= 0.6 is 0 Å². The SMILES string of the molecule is O=c1c(O)c(-c2ccc(O[C@@H]3O[C@@H](CO)[C@H](O)[C@@H](O)[C@@H]3O)cc2)oc2cc(O)cc(O)c12. The highest BCUT2D eigenvalue weighted by Crippen LogP contribution is 2.35. The van der Waals surface area contributed by atoms with Crippen molar-refractivity contribution in [2.24, 2.45) is 0 Å². The predicted octanol–water partition coefficient (Wildman–Crippen LogP) is -0.245. The Balaban J connectivity index is 1.63. The van der Waals surface area contributed by atoms with Crippen LogP contribution in [0.2, 0.25) is 0 Å². The lowest BCUT2D eigenvalue weighted by Crippen LogP contribution is -2.60. The Labute approximate surface area is 179 Å². The van der Waals surface area contributed by atoms with Gasteiger partial charge in [0, 0.05) is 17.7 Å². The molecule has 7 N–H and O–H groups in total. The van der Waals surface area contributed by atoms with Crippen LogP contribution in [0.25, 0.3) is 22.3 Å². The minimum atomic E-state index is -1.60. The molecule has 0 aliphatic carbocycles. The number of phenolic OH excluding ortho intramolecular Hbond substituents is 2. The molecule has 4 rings (SSSR count). The molecule has 32 heavy (non-hydrogen) atoms. The second-order valence-corrected chi connectivity index (χ2v) is 7.29. The van der Waals surface area contributed by atoms with Gasteiger partial charge in [-0.1, -0.05) is 0 Å². The molecular weight excluding hydrogens is 428 g/mol. The van der Waals surface area contributed by atoms with Crippen molar-refractivity contribution in [3.05, 3.63) is 46.6 Å². The van der Waals surface area contributed by atoms with Crippen molar-refractivity contribution >= 4 is 11.0 Å². The zero-order valence-electron chi connectivity index (χ0n) is 16.3. The number of hydrogen-bond donors (Lipinski definition) is 7. The van der Waals surface area contributed by atoms with Gasteiger partial charge in [0.1, 0.15) is 52.6 Å². The van der Waals surface area contributed by atoms with Gasteiger partial charge in [-0.05, 0) is 24.3 Å². The molecular formula is C21H20O11. The number of aliphatic hydroxyl groups excluding tert-OH is 4. The number of ether oxygens (including phenoxy) is 2. The molecule has 1 aliphatic rings. The Kier molecular flexibility index (Phi) is 5.67. The van der Waals surface area contributed by atoms with Crippen LogP contribution in [0.3, 0.4) is 0 Å². The monoisotopic (exact) mass is 448 g/mol. The molecule has 170 valence electrons. The van der Waals surface area contributed by atoms with Gasteiger partial charge < -0.3 is 49.6 Å². The molecule has 0 saturated carbocycles. The second kappa shape index (κ2) is 8.30. The Morgan fingerprint density at radius 1 is 0.938 bits per heavy atom. The van der Waals surface area contributed by atoms with E-state index in [0.717, 1.165) is 12.1 Å². The molecule has 11 nitrogen and oxygen atoms in total. The maximum Gasteiger partial charge on any atom is 0.238 e. The molecule has 1 saturated heterocycles. The summed E-state index contributed by atoms with van der Waals surface area (Å²) in [6, 6.07) is 7.72. The summed E-state index contributed by atoms with van der Waals surface area (Å²) in [6.07, 6.45) is -7.21. The fourth-order valence-electron chi connectivity index (χ4n) is 3.45. The molecule has 1 aromatic heterocycles. The fourth-order valence-corrected chi connectivity index (χ4v) is 3.45. The minimum absolute atomic E-state index is 0.137. The van der Waals surface area contributed by atoms with Crippen molar-refractivity contribution in [3.8, 4) is 34.3 Å². The quantitative estimate of drug-likeness (QED) is 0.279. The van der Waals surface area contributed by atoms with Gasteiger partial charge in [0.05, 0.1) is 6.61 Å². The van der Waals surface area contributed by atoms with Crippen molar-refractivity contribution in [2.45, 2.75) is 30.7 Å². The van der Waals surface area contributed by atoms with Crippen molar-refractivity contribution in [3.63, 3.8) is 0 Å². The fraction of sp³-hybridized carbons (Fsp3) is 0.286. The third-order valence-electron chi connectivity index (χ3n) is 5.15. The lowest BCUT2D eigenvalue weighted by Gasteiger charge is -2.39. The first kappa shape index (κ1) is 21.9. The van der Waals surface area contributed by atoms with Crippen LogP contribution < -0.4 is 10.2 Å². The van der Waals surface area contributed by atoms with Crippen LogP contribution in [0, 0.1) is 0 Å². The molecule has 0 bridgehead atoms. The van der Waals surface area contributed by atoms with E-state index < -0.39 is 54.2 Å². The lowest BCUT2D eigenvalue weighted by molar-refractivity contribution is -0.277. The van der Waals surface area contributed by atoms with E-state index in [1.54, 1.807) is 0 Å². The van der Waals surface area contributed by atoms with E-state index in [1.807, 2.05) is 0 Å². The summed E-state index contributed by atoms with van der Waals surface area (Å²) in [6.45, 7) is -0.602. The van der Waals surface area contributed by atoms with E-state index in [1.165, 1.54) is 24.3 Å². The van der Waals surface area contributed by atoms with Gasteiger partial charge in [0.2, 0.25) is 17.5 Å². The highest BCUT2D eigenvalue weighted by Gasteiger charge is 2.44. The Morgan fingerprint density at radius 3 is 2.28 bits per heavy atom. The first-order valence-corrected chi connectivity index (χ1v) is 9.50. The van der Waals surface area contributed by atoms with Gasteiger partial charge in [0.25, 0.3) is 0 Å². The van der Waals surface area contributed by atoms with Crippen LogP contribution in [-0.2, 0) is 4.74 Å². The largest absolute Gasteiger partial charge is 0.508 e. The van der Waals surface area contributed by atoms with Crippen LogP contribution in [0.5, 0.6) is 23.0 Å². The third kappa shape index (κ3) is 3.72. The molecule has 0 spiro atoms. The van der Waals surface area contributed by atoms with Gasteiger partial charge in [0.15, 0.2) is 5.76 Å². The van der Waals surface area contributed by atoms with E-state index >= 15 is 0 Å². The van der Waals surface area contributed by atoms with Gasteiger partial charge in [-0.15, -0.1) is 0 Å². The number of fused-ring (bicyclic) bond motifs is 1. The van der Waals surface area contributed by atoms with Crippen molar-refractivity contribution in [1.82, 2.24) is 0 Å². The van der Waals surface area contributed by atoms with Gasteiger partial charge in [-0.3, -0.25) is 4.79 Å². The summed E-state index contributed by atoms with van der Waals surface area (Å²) in [5.41, 5.74) is -0.771. The average molecular weight is 448 g/mol. The lowest BCUT2D eigenvalue weighted by atomic mass is 9.99. The van der Waals surface area contributed by atoms with Crippen molar-refractivity contribution in [1.29, 1.82) is 0 Å². The predicted molar refractivity (Wildman–Crippen MR) is 107 cm³/mol. The number of benzene rings is 2. The maximum atomic E-state index is 12.5. The topological polar surface area (TPSA) is 190 Å². The summed E-state index contributed by atoms with van der Waals surface area (Å²) in [5.74, 6) is -1.68. The summed E-state index contributed by atoms with van der Waals surface area (Å²) >= 11 is 0. The number of aliphatic hydroxyl groups is 4. The Morgan fingerprint density at radius 2 is 1.62 bits per heavy atom. The number of hydrogen-bond acceptors (Lipinski definition) is 11. The molecule has 0 unspecified atom stereocenters. The molecule has 1 aliphatic heterocycles. The highest BCUT2D eigenvalue weighted by molar-refractivity contribution is 5.88. The standard InChI is InChI=1S/C21H20O11/c22-7-13-15(25)17(27)19(29)21(32-13)30-10-3-1-8(2-4-10)20-18(28)16(26)14-11(24)5-9(23)6-12(14)31-20/h1-6,13,15,17,19,21-25,27-29H,7H2/t13-,15-,17+,19-,21+/m0/s1. The first-order chi connectivity index (χ1) is 15.2. The van der Waals surface area contributed by atoms with Crippen LogP contribution in [0.15, 0.2) is 45.6 Å². The normalized spacial score (nSPS) is 25.7. The van der Waals surface area contributed by atoms with Gasteiger partial charge in [-0.25, -0.2) is 0 Å². The van der Waals surface area contributed by atoms with E-state index in [0.29, 0.717) is 0 Å². The molecule has 5 atom stereocenters. The zero-order chi connectivity index (χ0) is 23.2. The van der Waals surface area contributed by atoms with Gasteiger partial charge in [-0.2, -0.15) is 0 Å². The maximum absolute atomic E-state index is 12.5. The number of phenols is 2. The number of rotatable bonds is 4. The summed E-state index contributed by atoms with van der Waals surface area (Å²) < 4.78 is 16.3. The molecule has 2 heterocycles. The number of aromatic hydroxyl groups is 3. The smallest absolute Gasteiger partial charge is 0.238 e. The minimum Gasteiger partial charge on any atom is -0.508 e. The molecule has 3 aromatic rings. The zero-order valence-corrected chi connectivity index (χ0v) is 16.3. The average Bonchev–Trinajstić information content (AvgIpc) is 2.76. The Hall–Kier alpha value is -3.35.